The Labute approximate surface area is 180 Å². The summed E-state index contributed by atoms with van der Waals surface area (Å²) < 4.78 is 22.6. The van der Waals surface area contributed by atoms with Crippen molar-refractivity contribution in [2.45, 2.75) is 56.5 Å². The van der Waals surface area contributed by atoms with E-state index in [1.54, 1.807) is 36.8 Å². The van der Waals surface area contributed by atoms with Crippen molar-refractivity contribution in [1.82, 2.24) is 24.6 Å². The molecule has 0 amide bonds. The van der Waals surface area contributed by atoms with E-state index in [0.29, 0.717) is 30.0 Å². The van der Waals surface area contributed by atoms with Crippen LogP contribution in [0.1, 0.15) is 33.1 Å². The number of rotatable bonds is 4. The molecule has 0 radical (unpaired) electrons. The lowest BCUT2D eigenvalue weighted by Crippen LogP contribution is -2.58. The van der Waals surface area contributed by atoms with Gasteiger partial charge in [0, 0.05) is 48.5 Å². The minimum Gasteiger partial charge on any atom is -0.507 e. The minimum atomic E-state index is -0.863. The smallest absolute Gasteiger partial charge is 0.233 e. The van der Waals surface area contributed by atoms with Crippen LogP contribution < -0.4 is 4.74 Å². The molecule has 4 heterocycles. The summed E-state index contributed by atoms with van der Waals surface area (Å²) in [5.74, 6) is 0.519. The number of halogens is 1. The monoisotopic (exact) mass is 423 g/mol. The van der Waals surface area contributed by atoms with Crippen molar-refractivity contribution in [1.29, 1.82) is 0 Å². The summed E-state index contributed by atoms with van der Waals surface area (Å²) in [6.07, 6.45) is 6.06. The van der Waals surface area contributed by atoms with Crippen molar-refractivity contribution in [3.05, 3.63) is 49.1 Å². The van der Waals surface area contributed by atoms with E-state index in [1.165, 1.54) is 0 Å². The molecule has 3 aromatic rings. The first-order valence-electron chi connectivity index (χ1n) is 10.5. The molecule has 2 fully saturated rings. The molecule has 4 atom stereocenters. The van der Waals surface area contributed by atoms with Crippen LogP contribution in [0, 0.1) is 0 Å². The molecule has 2 bridgehead atoms. The maximum Gasteiger partial charge on any atom is 0.233 e. The molecule has 0 spiro atoms. The Balaban J connectivity index is 1.32. The molecular formula is C23H26FN5O2. The van der Waals surface area contributed by atoms with Crippen LogP contribution in [0.2, 0.25) is 0 Å². The third-order valence-electron chi connectivity index (χ3n) is 7.17. The number of hydrogen-bond acceptors (Lipinski definition) is 6. The van der Waals surface area contributed by atoms with E-state index in [-0.39, 0.29) is 17.4 Å². The van der Waals surface area contributed by atoms with E-state index in [0.717, 1.165) is 12.1 Å². The topological polar surface area (TPSA) is 76.3 Å². The Morgan fingerprint density at radius 1 is 1.13 bits per heavy atom. The summed E-state index contributed by atoms with van der Waals surface area (Å²) >= 11 is 0. The number of imidazole rings is 1. The Bertz CT molecular complexity index is 1090. The highest BCUT2D eigenvalue weighted by Crippen LogP contribution is 2.51. The largest absolute Gasteiger partial charge is 0.507 e. The fourth-order valence-corrected chi connectivity index (χ4v) is 5.17. The zero-order valence-electron chi connectivity index (χ0n) is 17.9. The second-order valence-corrected chi connectivity index (χ2v) is 9.16. The van der Waals surface area contributed by atoms with Gasteiger partial charge in [-0.05, 0) is 45.5 Å². The van der Waals surface area contributed by atoms with Crippen molar-refractivity contribution < 1.29 is 14.2 Å². The zero-order chi connectivity index (χ0) is 21.8. The maximum atomic E-state index is 14.7. The first-order chi connectivity index (χ1) is 14.8. The quantitative estimate of drug-likeness (QED) is 0.689. The molecule has 31 heavy (non-hydrogen) atoms. The van der Waals surface area contributed by atoms with Crippen molar-refractivity contribution in [3.8, 4) is 28.6 Å². The van der Waals surface area contributed by atoms with Gasteiger partial charge < -0.3 is 14.4 Å². The fraction of sp³-hybridized carbons (Fsp3) is 0.435. The van der Waals surface area contributed by atoms with Gasteiger partial charge in [0.05, 0.1) is 23.2 Å². The lowest BCUT2D eigenvalue weighted by molar-refractivity contribution is -0.0382. The number of phenolic OH excluding ortho intramolecular Hbond substituents is 1. The highest BCUT2D eigenvalue weighted by atomic mass is 19.1. The van der Waals surface area contributed by atoms with Crippen LogP contribution in [-0.2, 0) is 0 Å². The van der Waals surface area contributed by atoms with E-state index in [4.69, 9.17) is 4.74 Å². The molecule has 0 aliphatic carbocycles. The predicted molar refractivity (Wildman–Crippen MR) is 114 cm³/mol. The van der Waals surface area contributed by atoms with Gasteiger partial charge in [-0.3, -0.25) is 4.90 Å². The molecule has 8 heteroatoms. The Morgan fingerprint density at radius 3 is 2.61 bits per heavy atom. The van der Waals surface area contributed by atoms with Gasteiger partial charge in [-0.1, -0.05) is 0 Å². The van der Waals surface area contributed by atoms with Crippen LogP contribution in [0.4, 0.5) is 4.39 Å². The first-order valence-corrected chi connectivity index (χ1v) is 10.5. The normalized spacial score (nSPS) is 30.5. The van der Waals surface area contributed by atoms with Gasteiger partial charge in [0.2, 0.25) is 5.88 Å². The number of aromatic nitrogens is 4. The molecule has 1 N–H and O–H groups in total. The van der Waals surface area contributed by atoms with Gasteiger partial charge in [0.25, 0.3) is 0 Å². The molecule has 5 rings (SSSR count). The molecule has 2 saturated heterocycles. The number of piperidine rings is 1. The summed E-state index contributed by atoms with van der Waals surface area (Å²) in [5, 5.41) is 18.9. The first kappa shape index (κ1) is 19.9. The summed E-state index contributed by atoms with van der Waals surface area (Å²) in [6.45, 7) is 4.08. The van der Waals surface area contributed by atoms with Gasteiger partial charge >= 0.3 is 0 Å². The number of ether oxygens (including phenoxy) is 1. The summed E-state index contributed by atoms with van der Waals surface area (Å²) in [4.78, 5) is 6.19. The van der Waals surface area contributed by atoms with Crippen LogP contribution in [0.25, 0.3) is 16.9 Å². The van der Waals surface area contributed by atoms with Crippen molar-refractivity contribution in [3.63, 3.8) is 0 Å². The third kappa shape index (κ3) is 3.26. The number of phenols is 1. The van der Waals surface area contributed by atoms with Crippen LogP contribution in [0.3, 0.4) is 0 Å². The van der Waals surface area contributed by atoms with Crippen LogP contribution >= 0.6 is 0 Å². The molecule has 2 aliphatic heterocycles. The molecule has 1 aromatic carbocycles. The van der Waals surface area contributed by atoms with E-state index < -0.39 is 11.7 Å². The van der Waals surface area contributed by atoms with Crippen molar-refractivity contribution in [2.24, 2.45) is 0 Å². The number of benzene rings is 1. The second-order valence-electron chi connectivity index (χ2n) is 9.16. The van der Waals surface area contributed by atoms with E-state index in [9.17, 15) is 9.50 Å². The van der Waals surface area contributed by atoms with Gasteiger partial charge in [-0.15, -0.1) is 10.2 Å². The zero-order valence-corrected chi connectivity index (χ0v) is 17.9. The van der Waals surface area contributed by atoms with E-state index in [2.05, 4.69) is 27.0 Å². The summed E-state index contributed by atoms with van der Waals surface area (Å²) in [7, 11) is 2.01. The Morgan fingerprint density at radius 2 is 1.97 bits per heavy atom. The number of fused-ring (bicyclic) bond motifs is 2. The number of aromatic hydroxyl groups is 1. The maximum absolute atomic E-state index is 14.7. The highest BCUT2D eigenvalue weighted by Gasteiger charge is 2.60. The minimum absolute atomic E-state index is 0.107. The van der Waals surface area contributed by atoms with Crippen molar-refractivity contribution >= 4 is 0 Å². The third-order valence-corrected chi connectivity index (χ3v) is 7.17. The molecule has 2 aromatic heterocycles. The van der Waals surface area contributed by atoms with E-state index in [1.807, 2.05) is 30.8 Å². The SMILES string of the molecule is CN1[C@]2(C)C[C@H](Oc3ccc(-c4ccc(-n5ccnc5)cc4O)nn3)C[C@@]1(C)[C@H](F)C2. The van der Waals surface area contributed by atoms with Gasteiger partial charge in [0.1, 0.15) is 18.0 Å². The average Bonchev–Trinajstić information content (AvgIpc) is 3.30. The summed E-state index contributed by atoms with van der Waals surface area (Å²) in [6, 6.07) is 8.87. The van der Waals surface area contributed by atoms with Gasteiger partial charge in [0.15, 0.2) is 0 Å². The van der Waals surface area contributed by atoms with Crippen LogP contribution in [0.5, 0.6) is 11.6 Å². The molecule has 162 valence electrons. The number of alkyl halides is 1. The predicted octanol–water partition coefficient (Wildman–Crippen LogP) is 3.77. The second kappa shape index (κ2) is 7.02. The van der Waals surface area contributed by atoms with Crippen LogP contribution in [0.15, 0.2) is 49.1 Å². The average molecular weight is 423 g/mol. The summed E-state index contributed by atoms with van der Waals surface area (Å²) in [5.41, 5.74) is 1.20. The van der Waals surface area contributed by atoms with E-state index >= 15 is 0 Å². The number of nitrogens with zero attached hydrogens (tertiary/aromatic N) is 5. The highest BCUT2D eigenvalue weighted by molar-refractivity contribution is 5.68. The molecular weight excluding hydrogens is 397 g/mol. The molecule has 0 saturated carbocycles. The van der Waals surface area contributed by atoms with Crippen molar-refractivity contribution in [2.75, 3.05) is 7.05 Å². The fourth-order valence-electron chi connectivity index (χ4n) is 5.17. The Hall–Kier alpha value is -3.00. The lowest BCUT2D eigenvalue weighted by Gasteiger charge is -2.48. The van der Waals surface area contributed by atoms with Gasteiger partial charge in [-0.2, -0.15) is 0 Å². The number of hydrogen-bond donors (Lipinski definition) is 1. The molecule has 7 nitrogen and oxygen atoms in total. The lowest BCUT2D eigenvalue weighted by atomic mass is 9.84. The Kier molecular flexibility index (Phi) is 4.51. The standard InChI is InChI=1S/C23H26FN5O2/c1-22-11-16(12-23(2,28(22)3)20(24)13-22)31-21-7-6-18(26-27-21)17-5-4-15(10-19(17)30)29-9-8-25-14-29/h4-10,14,16,20,30H,11-13H2,1-3H3/t16-,20+,22+,23-/m0/s1. The molecule has 0 unspecified atom stereocenters. The van der Waals surface area contributed by atoms with Crippen LogP contribution in [-0.4, -0.2) is 60.2 Å². The molecule has 2 aliphatic rings. The van der Waals surface area contributed by atoms with Gasteiger partial charge in [-0.25, -0.2) is 9.37 Å².